The van der Waals surface area contributed by atoms with E-state index >= 15 is 0 Å². The molecule has 5 rings (SSSR count). The number of fused-ring (bicyclic) bond motifs is 7. The maximum Gasteiger partial charge on any atom is 0.312 e. The number of rotatable bonds is 1. The molecule has 0 radical (unpaired) electrons. The van der Waals surface area contributed by atoms with Crippen LogP contribution in [0.3, 0.4) is 0 Å². The quantitative estimate of drug-likeness (QED) is 0.298. The standard InChI is InChI=1S/C31H48O3/c1-19-11-16-31(26(33)34-8)18-17-29(6)21(25(31)20(19)2)9-10-23-28(5)14-13-24(32)27(3,4)22(28)12-15-30(23,29)7/h9,19-20,22-23,25H,10-18H2,1-8H3/t19-,20+,22?,23?,25+,28+,29-,30-,31+/m0/s1. The molecule has 2 unspecified atom stereocenters. The van der Waals surface area contributed by atoms with Crippen LogP contribution in [0.25, 0.3) is 0 Å². The first-order valence-electron chi connectivity index (χ1n) is 14.1. The second-order valence-electron chi connectivity index (χ2n) is 14.4. The first kappa shape index (κ1) is 24.6. The highest BCUT2D eigenvalue weighted by atomic mass is 16.5. The lowest BCUT2D eigenvalue weighted by Crippen LogP contribution is -2.65. The largest absolute Gasteiger partial charge is 0.469 e. The fourth-order valence-corrected chi connectivity index (χ4v) is 10.8. The summed E-state index contributed by atoms with van der Waals surface area (Å²) in [6.45, 7) is 16.9. The van der Waals surface area contributed by atoms with Crippen LogP contribution in [0.5, 0.6) is 0 Å². The van der Waals surface area contributed by atoms with Crippen LogP contribution in [0.2, 0.25) is 0 Å². The van der Waals surface area contributed by atoms with E-state index in [0.717, 1.165) is 51.4 Å². The van der Waals surface area contributed by atoms with E-state index in [2.05, 4.69) is 54.5 Å². The van der Waals surface area contributed by atoms with Gasteiger partial charge >= 0.3 is 5.97 Å². The highest BCUT2D eigenvalue weighted by molar-refractivity contribution is 5.85. The van der Waals surface area contributed by atoms with Gasteiger partial charge in [0.1, 0.15) is 5.78 Å². The Morgan fingerprint density at radius 1 is 0.941 bits per heavy atom. The van der Waals surface area contributed by atoms with E-state index in [1.807, 2.05) is 0 Å². The van der Waals surface area contributed by atoms with Gasteiger partial charge in [0.25, 0.3) is 0 Å². The minimum atomic E-state index is -0.338. The van der Waals surface area contributed by atoms with Gasteiger partial charge in [0.2, 0.25) is 0 Å². The molecule has 0 heterocycles. The molecular formula is C31H48O3. The number of ether oxygens (including phenoxy) is 1. The first-order valence-corrected chi connectivity index (χ1v) is 14.1. The number of hydrogen-bond acceptors (Lipinski definition) is 3. The van der Waals surface area contributed by atoms with Crippen molar-refractivity contribution in [1.29, 1.82) is 0 Å². The Kier molecular flexibility index (Phi) is 5.38. The van der Waals surface area contributed by atoms with E-state index in [1.54, 1.807) is 12.7 Å². The molecule has 5 aliphatic rings. The Bertz CT molecular complexity index is 931. The van der Waals surface area contributed by atoms with Crippen LogP contribution in [0.15, 0.2) is 11.6 Å². The van der Waals surface area contributed by atoms with Gasteiger partial charge in [0, 0.05) is 11.8 Å². The molecule has 0 spiro atoms. The highest BCUT2D eigenvalue weighted by Crippen LogP contribution is 2.75. The van der Waals surface area contributed by atoms with Gasteiger partial charge in [-0.2, -0.15) is 0 Å². The smallest absolute Gasteiger partial charge is 0.312 e. The predicted octanol–water partition coefficient (Wildman–Crippen LogP) is 7.39. The summed E-state index contributed by atoms with van der Waals surface area (Å²) in [5, 5.41) is 0. The van der Waals surface area contributed by atoms with Crippen molar-refractivity contribution in [1.82, 2.24) is 0 Å². The van der Waals surface area contributed by atoms with Crippen LogP contribution in [0, 0.1) is 56.7 Å². The van der Waals surface area contributed by atoms with Gasteiger partial charge in [0.15, 0.2) is 0 Å². The van der Waals surface area contributed by atoms with Crippen LogP contribution in [0.4, 0.5) is 0 Å². The molecule has 0 N–H and O–H groups in total. The Morgan fingerprint density at radius 3 is 2.32 bits per heavy atom. The van der Waals surface area contributed by atoms with Gasteiger partial charge in [-0.15, -0.1) is 0 Å². The SMILES string of the molecule is COC(=O)[C@@]12CC[C@H](C)[C@@H](C)[C@@H]1C1=CCC3[C@]4(C)CCC(=O)C(C)(C)C4CC[C@]3(C)[C@@]1(C)CC2. The summed E-state index contributed by atoms with van der Waals surface area (Å²) >= 11 is 0. The lowest BCUT2D eigenvalue weighted by atomic mass is 9.33. The van der Waals surface area contributed by atoms with Gasteiger partial charge in [0.05, 0.1) is 12.5 Å². The Labute approximate surface area is 207 Å². The summed E-state index contributed by atoms with van der Waals surface area (Å²) in [6.07, 6.45) is 12.0. The van der Waals surface area contributed by atoms with E-state index in [-0.39, 0.29) is 33.0 Å². The van der Waals surface area contributed by atoms with Crippen LogP contribution in [0.1, 0.15) is 106 Å². The molecule has 0 bridgehead atoms. The molecule has 0 aromatic rings. The molecule has 0 aromatic carbocycles. The van der Waals surface area contributed by atoms with Crippen molar-refractivity contribution >= 4 is 11.8 Å². The number of hydrogen-bond donors (Lipinski definition) is 0. The minimum absolute atomic E-state index is 0.0367. The molecule has 190 valence electrons. The van der Waals surface area contributed by atoms with Crippen LogP contribution >= 0.6 is 0 Å². The van der Waals surface area contributed by atoms with Gasteiger partial charge in [-0.1, -0.05) is 60.1 Å². The summed E-state index contributed by atoms with van der Waals surface area (Å²) in [6, 6.07) is 0. The Hall–Kier alpha value is -1.12. The van der Waals surface area contributed by atoms with E-state index in [0.29, 0.717) is 35.4 Å². The third kappa shape index (κ3) is 2.76. The molecule has 4 saturated carbocycles. The fourth-order valence-electron chi connectivity index (χ4n) is 10.8. The predicted molar refractivity (Wildman–Crippen MR) is 136 cm³/mol. The van der Waals surface area contributed by atoms with E-state index in [4.69, 9.17) is 4.74 Å². The monoisotopic (exact) mass is 468 g/mol. The maximum absolute atomic E-state index is 13.4. The van der Waals surface area contributed by atoms with Gasteiger partial charge in [-0.3, -0.25) is 9.59 Å². The molecule has 3 heteroatoms. The maximum atomic E-state index is 13.4. The Balaban J connectivity index is 1.62. The average Bonchev–Trinajstić information content (AvgIpc) is 2.79. The number of ketones is 1. The van der Waals surface area contributed by atoms with Crippen molar-refractivity contribution in [2.24, 2.45) is 56.7 Å². The summed E-state index contributed by atoms with van der Waals surface area (Å²) in [4.78, 5) is 26.3. The molecule has 34 heavy (non-hydrogen) atoms. The normalized spacial score (nSPS) is 51.8. The lowest BCUT2D eigenvalue weighted by Gasteiger charge is -2.70. The topological polar surface area (TPSA) is 43.4 Å². The summed E-state index contributed by atoms with van der Waals surface area (Å²) in [7, 11) is 1.59. The number of methoxy groups -OCH3 is 1. The third-order valence-corrected chi connectivity index (χ3v) is 13.3. The second-order valence-corrected chi connectivity index (χ2v) is 14.4. The third-order valence-electron chi connectivity index (χ3n) is 13.3. The molecule has 0 amide bonds. The van der Waals surface area contributed by atoms with E-state index in [1.165, 1.54) is 6.42 Å². The zero-order valence-corrected chi connectivity index (χ0v) is 23.1. The highest BCUT2D eigenvalue weighted by Gasteiger charge is 2.69. The van der Waals surface area contributed by atoms with Crippen molar-refractivity contribution in [2.75, 3.05) is 7.11 Å². The minimum Gasteiger partial charge on any atom is -0.469 e. The molecule has 0 aliphatic heterocycles. The molecule has 5 aliphatic carbocycles. The molecule has 3 nitrogen and oxygen atoms in total. The fraction of sp³-hybridized carbons (Fsp3) is 0.871. The van der Waals surface area contributed by atoms with Crippen molar-refractivity contribution in [3.63, 3.8) is 0 Å². The van der Waals surface area contributed by atoms with Crippen molar-refractivity contribution < 1.29 is 14.3 Å². The molecular weight excluding hydrogens is 420 g/mol. The first-order chi connectivity index (χ1) is 15.8. The van der Waals surface area contributed by atoms with Gasteiger partial charge in [-0.25, -0.2) is 0 Å². The van der Waals surface area contributed by atoms with Crippen molar-refractivity contribution in [3.8, 4) is 0 Å². The van der Waals surface area contributed by atoms with E-state index in [9.17, 15) is 9.59 Å². The van der Waals surface area contributed by atoms with Gasteiger partial charge in [-0.05, 0) is 97.2 Å². The lowest BCUT2D eigenvalue weighted by molar-refractivity contribution is -0.191. The van der Waals surface area contributed by atoms with Crippen LogP contribution < -0.4 is 0 Å². The van der Waals surface area contributed by atoms with Crippen LogP contribution in [-0.2, 0) is 14.3 Å². The second kappa shape index (κ2) is 7.45. The number of esters is 1. The zero-order chi connectivity index (χ0) is 24.9. The molecule has 9 atom stereocenters. The summed E-state index contributed by atoms with van der Waals surface area (Å²) in [5.41, 5.74) is 1.58. The van der Waals surface area contributed by atoms with Crippen LogP contribution in [-0.4, -0.2) is 18.9 Å². The van der Waals surface area contributed by atoms with E-state index < -0.39 is 0 Å². The summed E-state index contributed by atoms with van der Waals surface area (Å²) in [5.74, 6) is 3.02. The molecule has 0 aromatic heterocycles. The molecule has 4 fully saturated rings. The number of carbonyl (C=O) groups excluding carboxylic acids is 2. The molecule has 0 saturated heterocycles. The van der Waals surface area contributed by atoms with Crippen molar-refractivity contribution in [3.05, 3.63) is 11.6 Å². The average molecular weight is 469 g/mol. The Morgan fingerprint density at radius 2 is 1.65 bits per heavy atom. The zero-order valence-electron chi connectivity index (χ0n) is 23.1. The number of allylic oxidation sites excluding steroid dienone is 2. The van der Waals surface area contributed by atoms with Gasteiger partial charge < -0.3 is 4.74 Å². The summed E-state index contributed by atoms with van der Waals surface area (Å²) < 4.78 is 5.50. The van der Waals surface area contributed by atoms with Crippen molar-refractivity contribution in [2.45, 2.75) is 106 Å². The number of carbonyl (C=O) groups is 2. The number of Topliss-reactive ketones (excluding diaryl/α,β-unsaturated/α-hetero) is 1.